The topological polar surface area (TPSA) is 78.3 Å². The van der Waals surface area contributed by atoms with Crippen molar-refractivity contribution in [2.24, 2.45) is 0 Å². The highest BCUT2D eigenvalue weighted by Crippen LogP contribution is 2.41. The first-order valence-corrected chi connectivity index (χ1v) is 9.05. The molecule has 7 nitrogen and oxygen atoms in total. The van der Waals surface area contributed by atoms with Crippen molar-refractivity contribution >= 4 is 11.7 Å². The summed E-state index contributed by atoms with van der Waals surface area (Å²) in [4.78, 5) is 17.0. The van der Waals surface area contributed by atoms with E-state index in [4.69, 9.17) is 9.47 Å². The van der Waals surface area contributed by atoms with Crippen molar-refractivity contribution in [3.05, 3.63) is 41.4 Å². The summed E-state index contributed by atoms with van der Waals surface area (Å²) in [5.74, 6) is 2.21. The van der Waals surface area contributed by atoms with Crippen LogP contribution in [0.2, 0.25) is 0 Å². The number of aromatic nitrogens is 3. The molecule has 7 heteroatoms. The molecule has 1 aliphatic carbocycles. The zero-order chi connectivity index (χ0) is 18.1. The maximum atomic E-state index is 12.7. The fraction of sp³-hybridized carbons (Fsp3) is 0.421. The van der Waals surface area contributed by atoms with Gasteiger partial charge in [0.1, 0.15) is 12.4 Å². The smallest absolute Gasteiger partial charge is 0.226 e. The molecule has 1 atom stereocenters. The number of ether oxygens (including phenoxy) is 2. The number of anilines is 1. The van der Waals surface area contributed by atoms with Crippen LogP contribution in [0.3, 0.4) is 0 Å². The standard InChI is InChI=1S/C19H22N4O3/c1-3-25-15-9-8-12(10-16(15)26-4-2)18-17-13(6-5-7-14(17)24)22-19-20-11-21-23(18)19/h8-11,18H,3-7H2,1-2H3,(H,20,21,22). The van der Waals surface area contributed by atoms with E-state index in [0.717, 1.165) is 29.7 Å². The predicted octanol–water partition coefficient (Wildman–Crippen LogP) is 3.10. The van der Waals surface area contributed by atoms with Crippen LogP contribution in [0.15, 0.2) is 35.8 Å². The number of fused-ring (bicyclic) bond motifs is 1. The minimum atomic E-state index is -0.300. The number of carbonyl (C=O) groups excluding carboxylic acids is 1. The minimum Gasteiger partial charge on any atom is -0.490 e. The molecule has 136 valence electrons. The van der Waals surface area contributed by atoms with Crippen LogP contribution in [0.5, 0.6) is 11.5 Å². The Morgan fingerprint density at radius 3 is 2.81 bits per heavy atom. The van der Waals surface area contributed by atoms with Gasteiger partial charge in [-0.25, -0.2) is 4.68 Å². The molecule has 1 aliphatic heterocycles. The molecule has 0 fully saturated rings. The van der Waals surface area contributed by atoms with Crippen LogP contribution in [0.4, 0.5) is 5.95 Å². The second-order valence-corrected chi connectivity index (χ2v) is 6.30. The van der Waals surface area contributed by atoms with E-state index in [-0.39, 0.29) is 11.8 Å². The molecule has 1 aromatic heterocycles. The first kappa shape index (κ1) is 16.6. The Labute approximate surface area is 152 Å². The number of carbonyl (C=O) groups is 1. The normalized spacial score (nSPS) is 18.8. The second kappa shape index (κ2) is 6.82. The third-order valence-electron chi connectivity index (χ3n) is 4.69. The molecule has 0 spiro atoms. The van der Waals surface area contributed by atoms with Crippen LogP contribution in [0, 0.1) is 0 Å². The number of nitrogens with zero attached hydrogens (tertiary/aromatic N) is 3. The van der Waals surface area contributed by atoms with Crippen molar-refractivity contribution in [3.8, 4) is 11.5 Å². The van der Waals surface area contributed by atoms with Gasteiger partial charge < -0.3 is 14.8 Å². The van der Waals surface area contributed by atoms with Crippen LogP contribution in [-0.4, -0.2) is 33.8 Å². The molecule has 4 rings (SSSR count). The van der Waals surface area contributed by atoms with Crippen LogP contribution < -0.4 is 14.8 Å². The second-order valence-electron chi connectivity index (χ2n) is 6.30. The van der Waals surface area contributed by atoms with E-state index >= 15 is 0 Å². The monoisotopic (exact) mass is 354 g/mol. The third kappa shape index (κ3) is 2.73. The summed E-state index contributed by atoms with van der Waals surface area (Å²) in [5, 5.41) is 7.63. The molecule has 1 N–H and O–H groups in total. The van der Waals surface area contributed by atoms with Gasteiger partial charge in [-0.3, -0.25) is 4.79 Å². The van der Waals surface area contributed by atoms with Gasteiger partial charge in [0.15, 0.2) is 17.3 Å². The molecule has 0 radical (unpaired) electrons. The number of hydrogen-bond acceptors (Lipinski definition) is 6. The number of rotatable bonds is 5. The summed E-state index contributed by atoms with van der Waals surface area (Å²) in [6.45, 7) is 4.98. The summed E-state index contributed by atoms with van der Waals surface area (Å²) in [6, 6.07) is 5.52. The number of hydrogen-bond donors (Lipinski definition) is 1. The van der Waals surface area contributed by atoms with Gasteiger partial charge in [0.25, 0.3) is 0 Å². The van der Waals surface area contributed by atoms with Gasteiger partial charge in [-0.2, -0.15) is 10.1 Å². The average molecular weight is 354 g/mol. The van der Waals surface area contributed by atoms with E-state index in [9.17, 15) is 4.79 Å². The lowest BCUT2D eigenvalue weighted by Crippen LogP contribution is -2.31. The minimum absolute atomic E-state index is 0.164. The van der Waals surface area contributed by atoms with Gasteiger partial charge in [0, 0.05) is 17.7 Å². The Morgan fingerprint density at radius 2 is 2.00 bits per heavy atom. The molecular formula is C19H22N4O3. The zero-order valence-electron chi connectivity index (χ0n) is 15.0. The molecular weight excluding hydrogens is 332 g/mol. The molecule has 0 bridgehead atoms. The fourth-order valence-corrected chi connectivity index (χ4v) is 3.64. The van der Waals surface area contributed by atoms with Gasteiger partial charge in [-0.05, 0) is 44.4 Å². The maximum Gasteiger partial charge on any atom is 0.226 e. The Morgan fingerprint density at radius 1 is 1.19 bits per heavy atom. The first-order valence-electron chi connectivity index (χ1n) is 9.05. The number of benzene rings is 1. The van der Waals surface area contributed by atoms with E-state index in [2.05, 4.69) is 15.4 Å². The maximum absolute atomic E-state index is 12.7. The Kier molecular flexibility index (Phi) is 4.36. The molecule has 1 aromatic carbocycles. The van der Waals surface area contributed by atoms with Crippen molar-refractivity contribution < 1.29 is 14.3 Å². The largest absolute Gasteiger partial charge is 0.490 e. The fourth-order valence-electron chi connectivity index (χ4n) is 3.64. The third-order valence-corrected chi connectivity index (χ3v) is 4.69. The van der Waals surface area contributed by atoms with Crippen molar-refractivity contribution in [1.29, 1.82) is 0 Å². The summed E-state index contributed by atoms with van der Waals surface area (Å²) < 4.78 is 13.2. The first-order chi connectivity index (χ1) is 12.7. The molecule has 0 amide bonds. The van der Waals surface area contributed by atoms with E-state index in [0.29, 0.717) is 37.1 Å². The predicted molar refractivity (Wildman–Crippen MR) is 96.4 cm³/mol. The SMILES string of the molecule is CCOc1ccc(C2C3=C(CCCC3=O)Nc3ncnn32)cc1OCC. The van der Waals surface area contributed by atoms with E-state index in [1.807, 2.05) is 32.0 Å². The summed E-state index contributed by atoms with van der Waals surface area (Å²) in [5.41, 5.74) is 2.67. The quantitative estimate of drug-likeness (QED) is 0.889. The number of nitrogens with one attached hydrogen (secondary N) is 1. The van der Waals surface area contributed by atoms with Crippen molar-refractivity contribution in [1.82, 2.24) is 14.8 Å². The van der Waals surface area contributed by atoms with Crippen LogP contribution in [0.1, 0.15) is 44.7 Å². The summed E-state index contributed by atoms with van der Waals surface area (Å²) >= 11 is 0. The molecule has 0 saturated heterocycles. The highest BCUT2D eigenvalue weighted by Gasteiger charge is 2.36. The van der Waals surface area contributed by atoms with E-state index in [1.165, 1.54) is 6.33 Å². The molecule has 2 aromatic rings. The summed E-state index contributed by atoms with van der Waals surface area (Å²) in [7, 11) is 0. The Hall–Kier alpha value is -2.83. The van der Waals surface area contributed by atoms with Gasteiger partial charge in [0.2, 0.25) is 5.95 Å². The highest BCUT2D eigenvalue weighted by atomic mass is 16.5. The lowest BCUT2D eigenvalue weighted by molar-refractivity contribution is -0.116. The highest BCUT2D eigenvalue weighted by molar-refractivity contribution is 5.99. The number of allylic oxidation sites excluding steroid dienone is 2. The average Bonchev–Trinajstić information content (AvgIpc) is 3.10. The van der Waals surface area contributed by atoms with Gasteiger partial charge in [-0.1, -0.05) is 6.07 Å². The van der Waals surface area contributed by atoms with Crippen LogP contribution >= 0.6 is 0 Å². The van der Waals surface area contributed by atoms with Crippen LogP contribution in [0.25, 0.3) is 0 Å². The van der Waals surface area contributed by atoms with Crippen molar-refractivity contribution in [2.75, 3.05) is 18.5 Å². The molecule has 2 heterocycles. The summed E-state index contributed by atoms with van der Waals surface area (Å²) in [6.07, 6.45) is 3.78. The zero-order valence-corrected chi connectivity index (χ0v) is 15.0. The van der Waals surface area contributed by atoms with Gasteiger partial charge >= 0.3 is 0 Å². The van der Waals surface area contributed by atoms with E-state index < -0.39 is 0 Å². The molecule has 1 unspecified atom stereocenters. The van der Waals surface area contributed by atoms with Gasteiger partial charge in [0.05, 0.1) is 13.2 Å². The lowest BCUT2D eigenvalue weighted by Gasteiger charge is -2.32. The number of Topliss-reactive ketones (excluding diaryl/α,β-unsaturated/α-hetero) is 1. The number of ketones is 1. The van der Waals surface area contributed by atoms with Crippen molar-refractivity contribution in [2.45, 2.75) is 39.2 Å². The van der Waals surface area contributed by atoms with Gasteiger partial charge in [-0.15, -0.1) is 0 Å². The Balaban J connectivity index is 1.84. The Bertz CT molecular complexity index is 871. The molecule has 0 saturated carbocycles. The van der Waals surface area contributed by atoms with E-state index in [1.54, 1.807) is 4.68 Å². The molecule has 26 heavy (non-hydrogen) atoms. The molecule has 2 aliphatic rings. The lowest BCUT2D eigenvalue weighted by atomic mass is 9.85. The van der Waals surface area contributed by atoms with Crippen molar-refractivity contribution in [3.63, 3.8) is 0 Å². The van der Waals surface area contributed by atoms with Crippen LogP contribution in [-0.2, 0) is 4.79 Å².